The molecule has 2 heterocycles. The number of nitrogens with zero attached hydrogens (tertiary/aromatic N) is 3. The molecule has 25 heavy (non-hydrogen) atoms. The number of aromatic nitrogens is 3. The van der Waals surface area contributed by atoms with Crippen molar-refractivity contribution in [1.29, 1.82) is 0 Å². The Kier molecular flexibility index (Phi) is 4.44. The van der Waals surface area contributed by atoms with E-state index in [2.05, 4.69) is 15.3 Å². The Morgan fingerprint density at radius 1 is 1.20 bits per heavy atom. The topological polar surface area (TPSA) is 59.3 Å². The highest BCUT2D eigenvalue weighted by molar-refractivity contribution is 7.98. The molecule has 0 atom stereocenters. The zero-order valence-electron chi connectivity index (χ0n) is 14.1. The van der Waals surface area contributed by atoms with Gasteiger partial charge in [-0.25, -0.2) is 9.97 Å². The maximum absolute atomic E-state index is 12.4. The number of nitrogens with one attached hydrogen (secondary N) is 1. The van der Waals surface area contributed by atoms with E-state index < -0.39 is 0 Å². The van der Waals surface area contributed by atoms with Gasteiger partial charge in [-0.1, -0.05) is 25.0 Å². The molecule has 3 aromatic rings. The van der Waals surface area contributed by atoms with E-state index in [9.17, 15) is 4.79 Å². The second kappa shape index (κ2) is 6.88. The molecule has 0 saturated heterocycles. The highest BCUT2D eigenvalue weighted by Gasteiger charge is 2.18. The summed E-state index contributed by atoms with van der Waals surface area (Å²) in [6.07, 6.45) is 12.2. The standard InChI is InChI=1S/C19H20N4OS/c1-25-19-17-21-12-16(23(17)11-10-20-19)13-6-8-14(9-7-13)18(24)22-15-4-2-3-5-15/h6-12,15H,2-5H2,1H3,(H,22,24). The number of hydrogen-bond donors (Lipinski definition) is 1. The van der Waals surface area contributed by atoms with Crippen LogP contribution in [-0.2, 0) is 0 Å². The summed E-state index contributed by atoms with van der Waals surface area (Å²) in [5.74, 6) is 0.0189. The molecule has 1 fully saturated rings. The van der Waals surface area contributed by atoms with Gasteiger partial charge in [-0.05, 0) is 31.2 Å². The van der Waals surface area contributed by atoms with Crippen molar-refractivity contribution in [2.75, 3.05) is 6.26 Å². The average molecular weight is 352 g/mol. The van der Waals surface area contributed by atoms with E-state index >= 15 is 0 Å². The van der Waals surface area contributed by atoms with Crippen LogP contribution in [0.2, 0.25) is 0 Å². The van der Waals surface area contributed by atoms with E-state index in [-0.39, 0.29) is 5.91 Å². The maximum Gasteiger partial charge on any atom is 0.251 e. The average Bonchev–Trinajstić information content (AvgIpc) is 3.31. The molecule has 1 aliphatic rings. The summed E-state index contributed by atoms with van der Waals surface area (Å²) in [6, 6.07) is 8.06. The normalized spacial score (nSPS) is 14.9. The third-order valence-electron chi connectivity index (χ3n) is 4.72. The summed E-state index contributed by atoms with van der Waals surface area (Å²) < 4.78 is 2.03. The van der Waals surface area contributed by atoms with Gasteiger partial charge in [-0.2, -0.15) is 0 Å². The Hall–Kier alpha value is -2.34. The van der Waals surface area contributed by atoms with Crippen LogP contribution in [0, 0.1) is 0 Å². The molecule has 0 bridgehead atoms. The summed E-state index contributed by atoms with van der Waals surface area (Å²) >= 11 is 1.58. The molecule has 6 heteroatoms. The minimum absolute atomic E-state index is 0.0189. The van der Waals surface area contributed by atoms with Crippen LogP contribution in [0.5, 0.6) is 0 Å². The molecular formula is C19H20N4OS. The molecule has 0 spiro atoms. The van der Waals surface area contributed by atoms with Gasteiger partial charge in [0.25, 0.3) is 5.91 Å². The Morgan fingerprint density at radius 3 is 2.68 bits per heavy atom. The Balaban J connectivity index is 1.59. The highest BCUT2D eigenvalue weighted by Crippen LogP contribution is 2.25. The SMILES string of the molecule is CSc1nccn2c(-c3ccc(C(=O)NC4CCCC4)cc3)cnc12. The molecule has 1 aromatic carbocycles. The van der Waals surface area contributed by atoms with Gasteiger partial charge < -0.3 is 5.32 Å². The number of carbonyl (C=O) groups excluding carboxylic acids is 1. The lowest BCUT2D eigenvalue weighted by Crippen LogP contribution is -2.32. The molecule has 0 radical (unpaired) electrons. The Morgan fingerprint density at radius 2 is 1.96 bits per heavy atom. The lowest BCUT2D eigenvalue weighted by Gasteiger charge is -2.12. The minimum Gasteiger partial charge on any atom is -0.349 e. The molecule has 5 nitrogen and oxygen atoms in total. The number of carbonyl (C=O) groups is 1. The van der Waals surface area contributed by atoms with Crippen LogP contribution in [0.4, 0.5) is 0 Å². The van der Waals surface area contributed by atoms with Crippen molar-refractivity contribution in [1.82, 2.24) is 19.7 Å². The zero-order chi connectivity index (χ0) is 17.2. The van der Waals surface area contributed by atoms with Crippen molar-refractivity contribution in [3.63, 3.8) is 0 Å². The zero-order valence-corrected chi connectivity index (χ0v) is 14.9. The van der Waals surface area contributed by atoms with Gasteiger partial charge in [0.15, 0.2) is 5.65 Å². The molecule has 0 unspecified atom stereocenters. The molecule has 1 aliphatic carbocycles. The van der Waals surface area contributed by atoms with E-state index in [1.807, 2.05) is 47.3 Å². The summed E-state index contributed by atoms with van der Waals surface area (Å²) in [6.45, 7) is 0. The monoisotopic (exact) mass is 352 g/mol. The smallest absolute Gasteiger partial charge is 0.251 e. The van der Waals surface area contributed by atoms with Crippen molar-refractivity contribution in [3.8, 4) is 11.3 Å². The quantitative estimate of drug-likeness (QED) is 0.726. The van der Waals surface area contributed by atoms with E-state index in [0.29, 0.717) is 11.6 Å². The fourth-order valence-electron chi connectivity index (χ4n) is 3.38. The molecule has 0 aliphatic heterocycles. The van der Waals surface area contributed by atoms with Crippen LogP contribution < -0.4 is 5.32 Å². The number of amides is 1. The van der Waals surface area contributed by atoms with Gasteiger partial charge >= 0.3 is 0 Å². The number of imidazole rings is 1. The predicted molar refractivity (Wildman–Crippen MR) is 99.9 cm³/mol. The molecular weight excluding hydrogens is 332 g/mol. The number of benzene rings is 1. The fourth-order valence-corrected chi connectivity index (χ4v) is 3.88. The minimum atomic E-state index is 0.0189. The van der Waals surface area contributed by atoms with Gasteiger partial charge in [0, 0.05) is 29.6 Å². The Bertz CT molecular complexity index is 897. The molecule has 1 saturated carbocycles. The van der Waals surface area contributed by atoms with Gasteiger partial charge in [-0.3, -0.25) is 9.20 Å². The first-order chi connectivity index (χ1) is 12.3. The third-order valence-corrected chi connectivity index (χ3v) is 5.40. The van der Waals surface area contributed by atoms with Crippen LogP contribution in [0.15, 0.2) is 47.9 Å². The van der Waals surface area contributed by atoms with Crippen LogP contribution in [-0.4, -0.2) is 32.6 Å². The number of thioether (sulfide) groups is 1. The second-order valence-electron chi connectivity index (χ2n) is 6.31. The van der Waals surface area contributed by atoms with E-state index in [4.69, 9.17) is 0 Å². The largest absolute Gasteiger partial charge is 0.349 e. The third kappa shape index (κ3) is 3.14. The molecule has 1 amide bonds. The van der Waals surface area contributed by atoms with Crippen LogP contribution >= 0.6 is 11.8 Å². The molecule has 128 valence electrons. The lowest BCUT2D eigenvalue weighted by atomic mass is 10.1. The second-order valence-corrected chi connectivity index (χ2v) is 7.10. The summed E-state index contributed by atoms with van der Waals surface area (Å²) in [7, 11) is 0. The van der Waals surface area contributed by atoms with Crippen LogP contribution in [0.1, 0.15) is 36.0 Å². The Labute approximate surface area is 150 Å². The first-order valence-electron chi connectivity index (χ1n) is 8.53. The van der Waals surface area contributed by atoms with Gasteiger partial charge in [-0.15, -0.1) is 11.8 Å². The predicted octanol–water partition coefficient (Wildman–Crippen LogP) is 3.79. The molecule has 4 rings (SSSR count). The van der Waals surface area contributed by atoms with Crippen LogP contribution in [0.25, 0.3) is 16.9 Å². The number of hydrogen-bond acceptors (Lipinski definition) is 4. The fraction of sp³-hybridized carbons (Fsp3) is 0.316. The molecule has 1 N–H and O–H groups in total. The van der Waals surface area contributed by atoms with Crippen molar-refractivity contribution >= 4 is 23.3 Å². The first-order valence-corrected chi connectivity index (χ1v) is 9.76. The first kappa shape index (κ1) is 16.1. The summed E-state index contributed by atoms with van der Waals surface area (Å²) in [5.41, 5.74) is 3.59. The molecule has 2 aromatic heterocycles. The van der Waals surface area contributed by atoms with E-state index in [1.165, 1.54) is 12.8 Å². The van der Waals surface area contributed by atoms with Crippen LogP contribution in [0.3, 0.4) is 0 Å². The van der Waals surface area contributed by atoms with Crippen molar-refractivity contribution in [2.24, 2.45) is 0 Å². The highest BCUT2D eigenvalue weighted by atomic mass is 32.2. The van der Waals surface area contributed by atoms with Gasteiger partial charge in [0.05, 0.1) is 11.9 Å². The van der Waals surface area contributed by atoms with E-state index in [0.717, 1.165) is 34.8 Å². The summed E-state index contributed by atoms with van der Waals surface area (Å²) in [5, 5.41) is 4.03. The van der Waals surface area contributed by atoms with Gasteiger partial charge in [0.2, 0.25) is 0 Å². The van der Waals surface area contributed by atoms with Crippen molar-refractivity contribution < 1.29 is 4.79 Å². The summed E-state index contributed by atoms with van der Waals surface area (Å²) in [4.78, 5) is 21.2. The van der Waals surface area contributed by atoms with Crippen molar-refractivity contribution in [2.45, 2.75) is 36.8 Å². The maximum atomic E-state index is 12.4. The van der Waals surface area contributed by atoms with Crippen molar-refractivity contribution in [3.05, 3.63) is 48.4 Å². The number of rotatable bonds is 4. The lowest BCUT2D eigenvalue weighted by molar-refractivity contribution is 0.0938. The van der Waals surface area contributed by atoms with E-state index in [1.54, 1.807) is 18.0 Å². The number of fused-ring (bicyclic) bond motifs is 1. The van der Waals surface area contributed by atoms with Gasteiger partial charge in [0.1, 0.15) is 5.03 Å².